The van der Waals surface area contributed by atoms with Crippen LogP contribution in [0.15, 0.2) is 69.6 Å². The first-order valence-electron chi connectivity index (χ1n) is 7.60. The zero-order chi connectivity index (χ0) is 17.6. The number of halogens is 2. The van der Waals surface area contributed by atoms with E-state index in [2.05, 4.69) is 21.2 Å². The van der Waals surface area contributed by atoms with E-state index in [9.17, 15) is 9.18 Å². The third-order valence-corrected chi connectivity index (χ3v) is 4.11. The number of ether oxygens (including phenoxy) is 1. The molecule has 1 amide bonds. The molecule has 0 aliphatic heterocycles. The molecule has 3 aromatic rings. The molecule has 0 unspecified atom stereocenters. The van der Waals surface area contributed by atoms with Gasteiger partial charge in [-0.25, -0.2) is 4.39 Å². The molecular formula is C19H15BrFNO3. The van der Waals surface area contributed by atoms with Gasteiger partial charge in [0.25, 0.3) is 5.91 Å². The van der Waals surface area contributed by atoms with E-state index in [0.717, 1.165) is 10.0 Å². The van der Waals surface area contributed by atoms with Crippen molar-refractivity contribution in [1.29, 1.82) is 0 Å². The Morgan fingerprint density at radius 3 is 2.60 bits per heavy atom. The predicted molar refractivity (Wildman–Crippen MR) is 94.8 cm³/mol. The molecule has 1 N–H and O–H groups in total. The summed E-state index contributed by atoms with van der Waals surface area (Å²) in [5, 5.41) is 2.73. The van der Waals surface area contributed by atoms with Crippen molar-refractivity contribution >= 4 is 21.8 Å². The van der Waals surface area contributed by atoms with Gasteiger partial charge in [0.1, 0.15) is 23.9 Å². The van der Waals surface area contributed by atoms with Gasteiger partial charge in [-0.15, -0.1) is 0 Å². The van der Waals surface area contributed by atoms with Crippen molar-refractivity contribution < 1.29 is 18.3 Å². The Labute approximate surface area is 152 Å². The van der Waals surface area contributed by atoms with E-state index < -0.39 is 0 Å². The van der Waals surface area contributed by atoms with Crippen molar-refractivity contribution in [2.75, 3.05) is 0 Å². The van der Waals surface area contributed by atoms with Gasteiger partial charge in [-0.05, 0) is 57.9 Å². The van der Waals surface area contributed by atoms with Crippen LogP contribution in [0.2, 0.25) is 0 Å². The minimum absolute atomic E-state index is 0.202. The van der Waals surface area contributed by atoms with E-state index in [1.165, 1.54) is 12.1 Å². The van der Waals surface area contributed by atoms with Crippen molar-refractivity contribution in [3.63, 3.8) is 0 Å². The van der Waals surface area contributed by atoms with Crippen LogP contribution in [-0.2, 0) is 13.2 Å². The van der Waals surface area contributed by atoms with Gasteiger partial charge in [-0.2, -0.15) is 0 Å². The van der Waals surface area contributed by atoms with Crippen LogP contribution in [-0.4, -0.2) is 5.91 Å². The van der Waals surface area contributed by atoms with Gasteiger partial charge in [-0.1, -0.05) is 24.3 Å². The summed E-state index contributed by atoms with van der Waals surface area (Å²) < 4.78 is 24.9. The number of hydrogen-bond donors (Lipinski definition) is 1. The summed E-state index contributed by atoms with van der Waals surface area (Å²) in [6.45, 7) is 0.510. The summed E-state index contributed by atoms with van der Waals surface area (Å²) >= 11 is 3.40. The van der Waals surface area contributed by atoms with Gasteiger partial charge in [0, 0.05) is 6.54 Å². The van der Waals surface area contributed by atoms with E-state index in [1.54, 1.807) is 24.3 Å². The number of nitrogens with one attached hydrogen (secondary N) is 1. The smallest absolute Gasteiger partial charge is 0.287 e. The van der Waals surface area contributed by atoms with Gasteiger partial charge in [0.2, 0.25) is 0 Å². The molecule has 1 aromatic heterocycles. The van der Waals surface area contributed by atoms with E-state index in [4.69, 9.17) is 9.15 Å². The molecule has 0 saturated heterocycles. The topological polar surface area (TPSA) is 51.5 Å². The van der Waals surface area contributed by atoms with Gasteiger partial charge in [-0.3, -0.25) is 4.79 Å². The molecule has 0 aliphatic carbocycles. The lowest BCUT2D eigenvalue weighted by atomic mass is 10.2. The lowest BCUT2D eigenvalue weighted by Crippen LogP contribution is -2.22. The Kier molecular flexibility index (Phi) is 5.50. The van der Waals surface area contributed by atoms with Crippen LogP contribution in [0.1, 0.15) is 21.9 Å². The van der Waals surface area contributed by atoms with Crippen molar-refractivity contribution in [1.82, 2.24) is 5.32 Å². The molecule has 0 atom stereocenters. The maximum atomic E-state index is 12.9. The fourth-order valence-electron chi connectivity index (χ4n) is 2.16. The number of benzene rings is 2. The van der Waals surface area contributed by atoms with E-state index in [-0.39, 0.29) is 24.1 Å². The van der Waals surface area contributed by atoms with E-state index in [0.29, 0.717) is 18.1 Å². The highest BCUT2D eigenvalue weighted by Crippen LogP contribution is 2.25. The Morgan fingerprint density at radius 1 is 1.08 bits per heavy atom. The molecule has 0 radical (unpaired) electrons. The lowest BCUT2D eigenvalue weighted by molar-refractivity contribution is 0.0919. The number of amides is 1. The molecule has 0 bridgehead atoms. The highest BCUT2D eigenvalue weighted by molar-refractivity contribution is 9.10. The minimum Gasteiger partial charge on any atom is -0.484 e. The number of para-hydroxylation sites is 1. The molecule has 1 heterocycles. The first kappa shape index (κ1) is 17.2. The second kappa shape index (κ2) is 7.98. The lowest BCUT2D eigenvalue weighted by Gasteiger charge is -2.06. The maximum absolute atomic E-state index is 12.9. The third kappa shape index (κ3) is 4.70. The summed E-state index contributed by atoms with van der Waals surface area (Å²) in [5.74, 6) is 0.795. The summed E-state index contributed by atoms with van der Waals surface area (Å²) in [5.41, 5.74) is 0.804. The molecule has 6 heteroatoms. The third-order valence-electron chi connectivity index (χ3n) is 3.46. The minimum atomic E-state index is -0.337. The number of rotatable bonds is 6. The number of carbonyl (C=O) groups excluding carboxylic acids is 1. The Hall–Kier alpha value is -2.60. The van der Waals surface area contributed by atoms with Crippen LogP contribution in [0.25, 0.3) is 0 Å². The van der Waals surface area contributed by atoms with Gasteiger partial charge < -0.3 is 14.5 Å². The number of furan rings is 1. The largest absolute Gasteiger partial charge is 0.484 e. The van der Waals surface area contributed by atoms with Crippen LogP contribution < -0.4 is 10.1 Å². The standard InChI is InChI=1S/C19H15BrFNO3/c20-16-3-1-2-4-17(16)24-12-15-9-10-18(25-15)19(23)22-11-13-5-7-14(21)8-6-13/h1-10H,11-12H2,(H,22,23). The first-order valence-corrected chi connectivity index (χ1v) is 8.40. The molecular weight excluding hydrogens is 389 g/mol. The molecule has 25 heavy (non-hydrogen) atoms. The molecule has 128 valence electrons. The summed E-state index contributed by atoms with van der Waals surface area (Å²) in [6.07, 6.45) is 0. The van der Waals surface area contributed by atoms with Crippen LogP contribution >= 0.6 is 15.9 Å². The van der Waals surface area contributed by atoms with E-state index in [1.807, 2.05) is 24.3 Å². The normalized spacial score (nSPS) is 10.5. The summed E-state index contributed by atoms with van der Waals surface area (Å²) in [4.78, 5) is 12.1. The average Bonchev–Trinajstić information content (AvgIpc) is 3.09. The molecule has 3 rings (SSSR count). The number of hydrogen-bond acceptors (Lipinski definition) is 3. The highest BCUT2D eigenvalue weighted by atomic mass is 79.9. The van der Waals surface area contributed by atoms with Gasteiger partial charge in [0.15, 0.2) is 5.76 Å². The molecule has 0 spiro atoms. The Morgan fingerprint density at radius 2 is 1.84 bits per heavy atom. The van der Waals surface area contributed by atoms with Crippen LogP contribution in [0.4, 0.5) is 4.39 Å². The molecule has 0 saturated carbocycles. The maximum Gasteiger partial charge on any atom is 0.287 e. The predicted octanol–water partition coefficient (Wildman–Crippen LogP) is 4.69. The Bertz CT molecular complexity index is 861. The van der Waals surface area contributed by atoms with Crippen molar-refractivity contribution in [3.05, 3.63) is 88.0 Å². The van der Waals surface area contributed by atoms with Gasteiger partial charge in [0.05, 0.1) is 4.47 Å². The summed E-state index contributed by atoms with van der Waals surface area (Å²) in [6, 6.07) is 16.7. The Balaban J connectivity index is 1.54. The zero-order valence-corrected chi connectivity index (χ0v) is 14.8. The van der Waals surface area contributed by atoms with Crippen LogP contribution in [0.5, 0.6) is 5.75 Å². The van der Waals surface area contributed by atoms with Crippen molar-refractivity contribution in [3.8, 4) is 5.75 Å². The SMILES string of the molecule is O=C(NCc1ccc(F)cc1)c1ccc(COc2ccccc2Br)o1. The van der Waals surface area contributed by atoms with Crippen molar-refractivity contribution in [2.24, 2.45) is 0 Å². The van der Waals surface area contributed by atoms with Crippen LogP contribution in [0.3, 0.4) is 0 Å². The first-order chi connectivity index (χ1) is 12.1. The van der Waals surface area contributed by atoms with Crippen molar-refractivity contribution in [2.45, 2.75) is 13.2 Å². The number of carbonyl (C=O) groups is 1. The molecule has 2 aromatic carbocycles. The fraction of sp³-hybridized carbons (Fsp3) is 0.105. The zero-order valence-electron chi connectivity index (χ0n) is 13.2. The second-order valence-electron chi connectivity index (χ2n) is 5.29. The molecule has 4 nitrogen and oxygen atoms in total. The fourth-order valence-corrected chi connectivity index (χ4v) is 2.56. The monoisotopic (exact) mass is 403 g/mol. The molecule has 0 fully saturated rings. The second-order valence-corrected chi connectivity index (χ2v) is 6.15. The highest BCUT2D eigenvalue weighted by Gasteiger charge is 2.11. The quantitative estimate of drug-likeness (QED) is 0.649. The average molecular weight is 404 g/mol. The van der Waals surface area contributed by atoms with Crippen LogP contribution in [0, 0.1) is 5.82 Å². The van der Waals surface area contributed by atoms with Gasteiger partial charge >= 0.3 is 0 Å². The van der Waals surface area contributed by atoms with E-state index >= 15 is 0 Å². The summed E-state index contributed by atoms with van der Waals surface area (Å²) in [7, 11) is 0. The molecule has 0 aliphatic rings.